The number of carbonyl (C=O) groups is 1. The molecule has 100 valence electrons. The molecule has 1 aromatic carbocycles. The van der Waals surface area contributed by atoms with Crippen molar-refractivity contribution in [3.63, 3.8) is 0 Å². The molecule has 0 fully saturated rings. The van der Waals surface area contributed by atoms with Crippen molar-refractivity contribution in [2.45, 2.75) is 6.42 Å². The Morgan fingerprint density at radius 2 is 2.11 bits per heavy atom. The lowest BCUT2D eigenvalue weighted by molar-refractivity contribution is 0.0946. The number of hydrogen-bond donors (Lipinski definition) is 2. The Labute approximate surface area is 119 Å². The van der Waals surface area contributed by atoms with Gasteiger partial charge in [0.1, 0.15) is 12.0 Å². The smallest absolute Gasteiger partial charge is 0.271 e. The predicted molar refractivity (Wildman–Crippen MR) is 75.3 cm³/mol. The second kappa shape index (κ2) is 6.49. The zero-order chi connectivity index (χ0) is 13.7. The van der Waals surface area contributed by atoms with Gasteiger partial charge in [-0.2, -0.15) is 0 Å². The lowest BCUT2D eigenvalue weighted by Gasteiger charge is -2.02. The van der Waals surface area contributed by atoms with E-state index in [0.717, 1.165) is 10.2 Å². The van der Waals surface area contributed by atoms with Crippen LogP contribution in [0.15, 0.2) is 41.3 Å². The molecule has 1 aromatic heterocycles. The summed E-state index contributed by atoms with van der Waals surface area (Å²) in [6.07, 6.45) is 3.82. The van der Waals surface area contributed by atoms with E-state index in [-0.39, 0.29) is 12.5 Å². The highest BCUT2D eigenvalue weighted by atomic mass is 79.9. The van der Waals surface area contributed by atoms with Crippen molar-refractivity contribution in [3.05, 3.63) is 47.0 Å². The van der Waals surface area contributed by atoms with Crippen LogP contribution in [0.5, 0.6) is 0 Å². The number of aliphatic hydroxyl groups is 1. The van der Waals surface area contributed by atoms with Crippen LogP contribution in [0, 0.1) is 0 Å². The number of nitrogens with one attached hydrogen (secondary N) is 1. The van der Waals surface area contributed by atoms with E-state index in [1.807, 2.05) is 24.3 Å². The lowest BCUT2D eigenvalue weighted by Crippen LogP contribution is -2.25. The van der Waals surface area contributed by atoms with E-state index in [9.17, 15) is 4.79 Å². The fourth-order valence-electron chi connectivity index (χ4n) is 1.57. The van der Waals surface area contributed by atoms with Crippen LogP contribution in [0.25, 0.3) is 5.69 Å². The van der Waals surface area contributed by atoms with Crippen LogP contribution in [0.2, 0.25) is 0 Å². The number of aliphatic hydroxyl groups excluding tert-OH is 1. The van der Waals surface area contributed by atoms with Crippen molar-refractivity contribution >= 4 is 21.8 Å². The summed E-state index contributed by atoms with van der Waals surface area (Å²) in [5.74, 6) is -0.232. The average molecular weight is 324 g/mol. The average Bonchev–Trinajstić information content (AvgIpc) is 2.89. The molecule has 2 N–H and O–H groups in total. The third-order valence-electron chi connectivity index (χ3n) is 2.56. The standard InChI is InChI=1S/C13H14BrN3O2/c14-10-2-4-11(5-3-10)17-8-12(16-9-17)13(19)15-6-1-7-18/h2-5,8-9,18H,1,6-7H2,(H,15,19). The number of aromatic nitrogens is 2. The summed E-state index contributed by atoms with van der Waals surface area (Å²) in [6.45, 7) is 0.508. The molecule has 0 radical (unpaired) electrons. The highest BCUT2D eigenvalue weighted by molar-refractivity contribution is 9.10. The van der Waals surface area contributed by atoms with Gasteiger partial charge in [0.15, 0.2) is 0 Å². The summed E-state index contributed by atoms with van der Waals surface area (Å²) in [4.78, 5) is 15.8. The van der Waals surface area contributed by atoms with E-state index in [2.05, 4.69) is 26.2 Å². The predicted octanol–water partition coefficient (Wildman–Crippen LogP) is 1.75. The number of carbonyl (C=O) groups excluding carboxylic acids is 1. The Hall–Kier alpha value is -1.66. The van der Waals surface area contributed by atoms with E-state index in [4.69, 9.17) is 5.11 Å². The van der Waals surface area contributed by atoms with Crippen LogP contribution < -0.4 is 5.32 Å². The first-order chi connectivity index (χ1) is 9.20. The van der Waals surface area contributed by atoms with Gasteiger partial charge in [0.2, 0.25) is 0 Å². The number of amides is 1. The highest BCUT2D eigenvalue weighted by Gasteiger charge is 2.09. The number of imidazole rings is 1. The van der Waals surface area contributed by atoms with Gasteiger partial charge in [-0.25, -0.2) is 4.98 Å². The molecule has 2 aromatic rings. The topological polar surface area (TPSA) is 67.2 Å². The molecule has 0 spiro atoms. The van der Waals surface area contributed by atoms with Crippen LogP contribution in [0.4, 0.5) is 0 Å². The lowest BCUT2D eigenvalue weighted by atomic mass is 10.3. The normalized spacial score (nSPS) is 10.4. The Morgan fingerprint density at radius 1 is 1.37 bits per heavy atom. The maximum atomic E-state index is 11.7. The Balaban J connectivity index is 2.06. The first-order valence-corrected chi connectivity index (χ1v) is 6.69. The highest BCUT2D eigenvalue weighted by Crippen LogP contribution is 2.14. The molecule has 0 aliphatic rings. The molecule has 0 aliphatic heterocycles. The minimum atomic E-state index is -0.232. The summed E-state index contributed by atoms with van der Waals surface area (Å²) in [6, 6.07) is 7.71. The van der Waals surface area contributed by atoms with Crippen LogP contribution in [0.3, 0.4) is 0 Å². The summed E-state index contributed by atoms with van der Waals surface area (Å²) < 4.78 is 2.78. The summed E-state index contributed by atoms with van der Waals surface area (Å²) in [7, 11) is 0. The maximum Gasteiger partial charge on any atom is 0.271 e. The van der Waals surface area contributed by atoms with Crippen LogP contribution >= 0.6 is 15.9 Å². The Morgan fingerprint density at radius 3 is 2.79 bits per heavy atom. The minimum Gasteiger partial charge on any atom is -0.396 e. The largest absolute Gasteiger partial charge is 0.396 e. The molecular formula is C13H14BrN3O2. The van der Waals surface area contributed by atoms with Crippen LogP contribution in [-0.2, 0) is 0 Å². The van der Waals surface area contributed by atoms with Crippen molar-refractivity contribution < 1.29 is 9.90 Å². The van der Waals surface area contributed by atoms with Gasteiger partial charge >= 0.3 is 0 Å². The van der Waals surface area contributed by atoms with Gasteiger partial charge < -0.3 is 15.0 Å². The quantitative estimate of drug-likeness (QED) is 0.824. The van der Waals surface area contributed by atoms with Crippen molar-refractivity contribution in [2.24, 2.45) is 0 Å². The number of benzene rings is 1. The molecule has 5 nitrogen and oxygen atoms in total. The van der Waals surface area contributed by atoms with Gasteiger partial charge in [-0.05, 0) is 30.7 Å². The Bertz CT molecular complexity index is 551. The first kappa shape index (κ1) is 13.8. The fourth-order valence-corrected chi connectivity index (χ4v) is 1.83. The third-order valence-corrected chi connectivity index (χ3v) is 3.09. The molecule has 19 heavy (non-hydrogen) atoms. The van der Waals surface area contributed by atoms with Gasteiger partial charge in [0.25, 0.3) is 5.91 Å². The van der Waals surface area contributed by atoms with Crippen molar-refractivity contribution in [3.8, 4) is 5.69 Å². The molecule has 0 saturated heterocycles. The number of rotatable bonds is 5. The van der Waals surface area contributed by atoms with Gasteiger partial charge in [0.05, 0.1) is 0 Å². The van der Waals surface area contributed by atoms with Gasteiger partial charge in [0, 0.05) is 29.5 Å². The van der Waals surface area contributed by atoms with Crippen LogP contribution in [0.1, 0.15) is 16.9 Å². The van der Waals surface area contributed by atoms with E-state index in [1.54, 1.807) is 17.1 Å². The SMILES string of the molecule is O=C(NCCCO)c1cn(-c2ccc(Br)cc2)cn1. The summed E-state index contributed by atoms with van der Waals surface area (Å²) in [5.41, 5.74) is 1.30. The van der Waals surface area contributed by atoms with Crippen molar-refractivity contribution in [1.29, 1.82) is 0 Å². The molecule has 1 heterocycles. The first-order valence-electron chi connectivity index (χ1n) is 5.89. The molecular weight excluding hydrogens is 310 g/mol. The van der Waals surface area contributed by atoms with Crippen molar-refractivity contribution in [1.82, 2.24) is 14.9 Å². The fraction of sp³-hybridized carbons (Fsp3) is 0.231. The van der Waals surface area contributed by atoms with Gasteiger partial charge in [-0.3, -0.25) is 4.79 Å². The number of halogens is 1. The summed E-state index contributed by atoms with van der Waals surface area (Å²) >= 11 is 3.37. The van der Waals surface area contributed by atoms with Crippen molar-refractivity contribution in [2.75, 3.05) is 13.2 Å². The molecule has 6 heteroatoms. The van der Waals surface area contributed by atoms with E-state index >= 15 is 0 Å². The molecule has 2 rings (SSSR count). The second-order valence-corrected chi connectivity index (χ2v) is 4.89. The zero-order valence-corrected chi connectivity index (χ0v) is 11.8. The van der Waals surface area contributed by atoms with E-state index in [1.165, 1.54) is 0 Å². The minimum absolute atomic E-state index is 0.0631. The molecule has 0 saturated carbocycles. The second-order valence-electron chi connectivity index (χ2n) is 3.98. The molecule has 0 atom stereocenters. The molecule has 0 aliphatic carbocycles. The molecule has 0 unspecified atom stereocenters. The molecule has 1 amide bonds. The monoisotopic (exact) mass is 323 g/mol. The zero-order valence-electron chi connectivity index (χ0n) is 10.2. The third kappa shape index (κ3) is 3.65. The van der Waals surface area contributed by atoms with Gasteiger partial charge in [-0.15, -0.1) is 0 Å². The number of hydrogen-bond acceptors (Lipinski definition) is 3. The molecule has 0 bridgehead atoms. The Kier molecular flexibility index (Phi) is 4.70. The summed E-state index contributed by atoms with van der Waals surface area (Å²) in [5, 5.41) is 11.3. The number of nitrogens with zero attached hydrogens (tertiary/aromatic N) is 2. The van der Waals surface area contributed by atoms with E-state index in [0.29, 0.717) is 18.7 Å². The van der Waals surface area contributed by atoms with Crippen LogP contribution in [-0.4, -0.2) is 33.7 Å². The maximum absolute atomic E-state index is 11.7. The van der Waals surface area contributed by atoms with E-state index < -0.39 is 0 Å². The van der Waals surface area contributed by atoms with Gasteiger partial charge in [-0.1, -0.05) is 15.9 Å².